The van der Waals surface area contributed by atoms with Crippen molar-refractivity contribution in [2.75, 3.05) is 40.1 Å². The fraction of sp³-hybridized carbons (Fsp3) is 0.342. The number of aldehydes is 1. The van der Waals surface area contributed by atoms with Gasteiger partial charge in [0, 0.05) is 18.2 Å². The summed E-state index contributed by atoms with van der Waals surface area (Å²) in [6.07, 6.45) is 9.37. The molecule has 3 rings (SSSR count). The first kappa shape index (κ1) is 38.3. The van der Waals surface area contributed by atoms with Crippen molar-refractivity contribution >= 4 is 18.2 Å². The van der Waals surface area contributed by atoms with Crippen molar-refractivity contribution in [3.05, 3.63) is 109 Å². The van der Waals surface area contributed by atoms with E-state index in [4.69, 9.17) is 28.4 Å². The highest BCUT2D eigenvalue weighted by molar-refractivity contribution is 5.91. The lowest BCUT2D eigenvalue weighted by Gasteiger charge is -2.09. The number of aryl methyl sites for hydroxylation is 1. The van der Waals surface area contributed by atoms with Gasteiger partial charge in [0.25, 0.3) is 0 Å². The predicted molar refractivity (Wildman–Crippen MR) is 182 cm³/mol. The second-order valence-electron chi connectivity index (χ2n) is 10.3. The Morgan fingerprint density at radius 3 is 1.85 bits per heavy atom. The van der Waals surface area contributed by atoms with Gasteiger partial charge in [-0.05, 0) is 118 Å². The summed E-state index contributed by atoms with van der Waals surface area (Å²) in [6, 6.07) is 19.2. The molecule has 3 aromatic carbocycles. The van der Waals surface area contributed by atoms with Crippen molar-refractivity contribution in [3.8, 4) is 23.0 Å². The van der Waals surface area contributed by atoms with Gasteiger partial charge in [0.1, 0.15) is 29.3 Å². The van der Waals surface area contributed by atoms with Crippen molar-refractivity contribution in [2.45, 2.75) is 45.4 Å². The van der Waals surface area contributed by atoms with Crippen LogP contribution in [0.2, 0.25) is 0 Å². The Kier molecular flexibility index (Phi) is 19.1. The van der Waals surface area contributed by atoms with Gasteiger partial charge in [0.2, 0.25) is 0 Å². The van der Waals surface area contributed by atoms with E-state index in [1.807, 2.05) is 19.1 Å². The molecule has 3 aromatic rings. The summed E-state index contributed by atoms with van der Waals surface area (Å²) in [5.41, 5.74) is 2.00. The summed E-state index contributed by atoms with van der Waals surface area (Å²) in [4.78, 5) is 33.7. The molecule has 0 fully saturated rings. The van der Waals surface area contributed by atoms with Crippen LogP contribution >= 0.6 is 0 Å². The van der Waals surface area contributed by atoms with Crippen molar-refractivity contribution < 1.29 is 42.8 Å². The lowest BCUT2D eigenvalue weighted by Crippen LogP contribution is -2.08. The van der Waals surface area contributed by atoms with Crippen molar-refractivity contribution in [1.29, 1.82) is 0 Å². The minimum atomic E-state index is -0.435. The predicted octanol–water partition coefficient (Wildman–Crippen LogP) is 7.75. The maximum Gasteiger partial charge on any atom is 0.343 e. The molecule has 0 saturated heterocycles. The van der Waals surface area contributed by atoms with Crippen LogP contribution in [0, 0.1) is 6.92 Å². The van der Waals surface area contributed by atoms with Crippen molar-refractivity contribution in [1.82, 2.24) is 0 Å². The van der Waals surface area contributed by atoms with E-state index >= 15 is 0 Å². The van der Waals surface area contributed by atoms with E-state index in [2.05, 4.69) is 13.2 Å². The summed E-state index contributed by atoms with van der Waals surface area (Å²) in [5.74, 6) is 1.86. The van der Waals surface area contributed by atoms with Gasteiger partial charge in [0.15, 0.2) is 0 Å². The number of benzene rings is 3. The maximum absolute atomic E-state index is 12.3. The first-order valence-electron chi connectivity index (χ1n) is 15.7. The Labute approximate surface area is 278 Å². The molecule has 9 heteroatoms. The number of methoxy groups -OCH3 is 1. The second-order valence-corrected chi connectivity index (χ2v) is 10.3. The lowest BCUT2D eigenvalue weighted by atomic mass is 10.2. The smallest absolute Gasteiger partial charge is 0.343 e. The molecule has 9 nitrogen and oxygen atoms in total. The minimum Gasteiger partial charge on any atom is -0.496 e. The second kappa shape index (κ2) is 23.4. The zero-order chi connectivity index (χ0) is 34.1. The van der Waals surface area contributed by atoms with Gasteiger partial charge in [-0.25, -0.2) is 9.59 Å². The van der Waals surface area contributed by atoms with Gasteiger partial charge in [0.05, 0.1) is 39.1 Å². The molecule has 0 unspecified atom stereocenters. The molecule has 0 bridgehead atoms. The number of carbonyl (C=O) groups excluding carboxylic acids is 3. The van der Waals surface area contributed by atoms with Crippen LogP contribution in [-0.4, -0.2) is 58.4 Å². The fourth-order valence-corrected chi connectivity index (χ4v) is 4.05. The molecular weight excluding hydrogens is 600 g/mol. The summed E-state index contributed by atoms with van der Waals surface area (Å²) >= 11 is 0. The molecular formula is C38H46O9. The number of ether oxygens (including phenoxy) is 6. The van der Waals surface area contributed by atoms with E-state index in [1.165, 1.54) is 0 Å². The van der Waals surface area contributed by atoms with E-state index in [0.717, 1.165) is 74.6 Å². The Balaban J connectivity index is 0.000000366. The van der Waals surface area contributed by atoms with Crippen LogP contribution in [0.4, 0.5) is 0 Å². The molecule has 0 aliphatic carbocycles. The molecule has 0 N–H and O–H groups in total. The van der Waals surface area contributed by atoms with Crippen LogP contribution in [0.1, 0.15) is 64.8 Å². The van der Waals surface area contributed by atoms with E-state index in [-0.39, 0.29) is 0 Å². The monoisotopic (exact) mass is 646 g/mol. The zero-order valence-corrected chi connectivity index (χ0v) is 27.4. The van der Waals surface area contributed by atoms with Crippen LogP contribution in [-0.2, 0) is 14.3 Å². The molecule has 0 radical (unpaired) electrons. The number of unbranched alkanes of at least 4 members (excludes halogenated alkanes) is 4. The molecule has 0 aliphatic rings. The normalized spacial score (nSPS) is 10.1. The third-order valence-corrected chi connectivity index (χ3v) is 6.59. The molecule has 0 heterocycles. The molecule has 0 atom stereocenters. The van der Waals surface area contributed by atoms with Crippen LogP contribution in [0.25, 0.3) is 0 Å². The van der Waals surface area contributed by atoms with Gasteiger partial charge in [-0.2, -0.15) is 0 Å². The standard InChI is InChI=1S/C23H26O6.C15H20O3/c1-4-22(24)28-15-7-5-6-14-27-19-10-8-18(9-11-19)23(25)29-20-12-13-21(26-3)17(2)16-20;1-2-10-17-11-4-3-5-12-18-15-8-6-14(13-16)7-9-15/h4,8-13,16H,1,5-7,14-15H2,2-3H3;2,6-9,13H,1,3-5,10-12H2. The number of rotatable bonds is 21. The Hall–Kier alpha value is -4.89. The molecule has 47 heavy (non-hydrogen) atoms. The molecule has 0 aromatic heterocycles. The fourth-order valence-electron chi connectivity index (χ4n) is 4.05. The first-order valence-corrected chi connectivity index (χ1v) is 15.7. The topological polar surface area (TPSA) is 107 Å². The molecule has 0 saturated carbocycles. The minimum absolute atomic E-state index is 0.384. The summed E-state index contributed by atoms with van der Waals surface area (Å²) in [6.45, 7) is 11.8. The van der Waals surface area contributed by atoms with E-state index in [9.17, 15) is 14.4 Å². The zero-order valence-electron chi connectivity index (χ0n) is 27.4. The van der Waals surface area contributed by atoms with Gasteiger partial charge >= 0.3 is 11.9 Å². The van der Waals surface area contributed by atoms with Crippen LogP contribution in [0.15, 0.2) is 92.0 Å². The number of esters is 2. The van der Waals surface area contributed by atoms with Crippen LogP contribution in [0.3, 0.4) is 0 Å². The van der Waals surface area contributed by atoms with Gasteiger partial charge in [-0.1, -0.05) is 12.7 Å². The molecule has 0 amide bonds. The van der Waals surface area contributed by atoms with Gasteiger partial charge in [-0.3, -0.25) is 4.79 Å². The third kappa shape index (κ3) is 16.3. The summed E-state index contributed by atoms with van der Waals surface area (Å²) in [5, 5.41) is 0. The molecule has 0 spiro atoms. The first-order chi connectivity index (χ1) is 22.9. The Morgan fingerprint density at radius 1 is 0.723 bits per heavy atom. The molecule has 252 valence electrons. The highest BCUT2D eigenvalue weighted by atomic mass is 16.5. The summed E-state index contributed by atoms with van der Waals surface area (Å²) in [7, 11) is 1.60. The quantitative estimate of drug-likeness (QED) is 0.0287. The van der Waals surface area contributed by atoms with E-state index in [0.29, 0.717) is 49.1 Å². The Bertz CT molecular complexity index is 1360. The van der Waals surface area contributed by atoms with Crippen molar-refractivity contribution in [3.63, 3.8) is 0 Å². The largest absolute Gasteiger partial charge is 0.496 e. The van der Waals surface area contributed by atoms with Crippen LogP contribution in [0.5, 0.6) is 23.0 Å². The SMILES string of the molecule is C=CC(=O)OCCCCCOc1ccc(C(=O)Oc2ccc(OC)c(C)c2)cc1.C=CCOCCCCCOc1ccc(C=O)cc1. The highest BCUT2D eigenvalue weighted by Gasteiger charge is 2.10. The lowest BCUT2D eigenvalue weighted by molar-refractivity contribution is -0.137. The van der Waals surface area contributed by atoms with Gasteiger partial charge in [-0.15, -0.1) is 6.58 Å². The number of hydrogen-bond acceptors (Lipinski definition) is 9. The average Bonchev–Trinajstić information content (AvgIpc) is 3.09. The van der Waals surface area contributed by atoms with Gasteiger partial charge < -0.3 is 28.4 Å². The number of hydrogen-bond donors (Lipinski definition) is 0. The average molecular weight is 647 g/mol. The molecule has 0 aliphatic heterocycles. The van der Waals surface area contributed by atoms with E-state index in [1.54, 1.807) is 67.8 Å². The summed E-state index contributed by atoms with van der Waals surface area (Å²) < 4.78 is 32.0. The van der Waals surface area contributed by atoms with Crippen molar-refractivity contribution in [2.24, 2.45) is 0 Å². The van der Waals surface area contributed by atoms with E-state index < -0.39 is 11.9 Å². The maximum atomic E-state index is 12.3. The highest BCUT2D eigenvalue weighted by Crippen LogP contribution is 2.24. The third-order valence-electron chi connectivity index (χ3n) is 6.59. The number of carbonyl (C=O) groups is 3. The Morgan fingerprint density at radius 2 is 1.30 bits per heavy atom. The van der Waals surface area contributed by atoms with Crippen LogP contribution < -0.4 is 18.9 Å².